The normalized spacial score (nSPS) is 17.9. The van der Waals surface area contributed by atoms with E-state index in [4.69, 9.17) is 18.9 Å². The molecule has 2 aliphatic rings. The van der Waals surface area contributed by atoms with Gasteiger partial charge in [-0.15, -0.1) is 0 Å². The molecule has 0 saturated heterocycles. The number of rotatable bonds is 10. The Hall–Kier alpha value is -1.99. The Morgan fingerprint density at radius 3 is 2.69 bits per heavy atom. The Balaban J connectivity index is 1.53. The first-order chi connectivity index (χ1) is 14.3. The summed E-state index contributed by atoms with van der Waals surface area (Å²) < 4.78 is 21.6. The maximum atomic E-state index is 5.62. The standard InChI is InChI=1S/C22H35N3O4/c1-23-21(24-11-6-12-27-14-13-26-2)25-16-22(9-4-3-5-10-22)18-7-8-19-20(15-18)29-17-28-19/h7-8,15H,3-6,9-14,16-17H2,1-2H3,(H2,23,24,25). The fourth-order valence-electron chi connectivity index (χ4n) is 4.12. The molecule has 1 fully saturated rings. The molecule has 0 bridgehead atoms. The largest absolute Gasteiger partial charge is 0.454 e. The van der Waals surface area contributed by atoms with Crippen molar-refractivity contribution in [3.05, 3.63) is 23.8 Å². The maximum Gasteiger partial charge on any atom is 0.231 e. The highest BCUT2D eigenvalue weighted by Crippen LogP contribution is 2.43. The number of hydrogen-bond donors (Lipinski definition) is 2. The second-order valence-corrected chi connectivity index (χ2v) is 7.72. The Kier molecular flexibility index (Phi) is 8.43. The molecule has 0 amide bonds. The van der Waals surface area contributed by atoms with E-state index in [1.165, 1.54) is 37.7 Å². The van der Waals surface area contributed by atoms with Crippen LogP contribution in [0.15, 0.2) is 23.2 Å². The summed E-state index contributed by atoms with van der Waals surface area (Å²) >= 11 is 0. The van der Waals surface area contributed by atoms with Gasteiger partial charge in [-0.25, -0.2) is 0 Å². The molecule has 0 unspecified atom stereocenters. The first-order valence-corrected chi connectivity index (χ1v) is 10.7. The van der Waals surface area contributed by atoms with Crippen LogP contribution in [0.1, 0.15) is 44.1 Å². The number of methoxy groups -OCH3 is 1. The molecule has 0 atom stereocenters. The zero-order chi connectivity index (χ0) is 20.4. The van der Waals surface area contributed by atoms with E-state index >= 15 is 0 Å². The first kappa shape index (κ1) is 21.7. The summed E-state index contributed by atoms with van der Waals surface area (Å²) in [6, 6.07) is 6.42. The highest BCUT2D eigenvalue weighted by atomic mass is 16.7. The molecule has 7 nitrogen and oxygen atoms in total. The Labute approximate surface area is 174 Å². The number of fused-ring (bicyclic) bond motifs is 1. The summed E-state index contributed by atoms with van der Waals surface area (Å²) in [5.41, 5.74) is 1.43. The third-order valence-electron chi connectivity index (χ3n) is 5.80. The quantitative estimate of drug-likeness (QED) is 0.354. The Morgan fingerprint density at radius 1 is 1.07 bits per heavy atom. The van der Waals surface area contributed by atoms with Gasteiger partial charge in [0.15, 0.2) is 17.5 Å². The van der Waals surface area contributed by atoms with Crippen LogP contribution in [0.25, 0.3) is 0 Å². The van der Waals surface area contributed by atoms with E-state index < -0.39 is 0 Å². The van der Waals surface area contributed by atoms with Crippen LogP contribution in [-0.2, 0) is 14.9 Å². The summed E-state index contributed by atoms with van der Waals surface area (Å²) in [7, 11) is 3.50. The summed E-state index contributed by atoms with van der Waals surface area (Å²) in [6.07, 6.45) is 7.08. The lowest BCUT2D eigenvalue weighted by molar-refractivity contribution is 0.0698. The third-order valence-corrected chi connectivity index (χ3v) is 5.80. The lowest BCUT2D eigenvalue weighted by atomic mass is 9.69. The minimum absolute atomic E-state index is 0.0973. The van der Waals surface area contributed by atoms with E-state index in [9.17, 15) is 0 Å². The van der Waals surface area contributed by atoms with Gasteiger partial charge >= 0.3 is 0 Å². The predicted octanol–water partition coefficient (Wildman–Crippen LogP) is 2.84. The van der Waals surface area contributed by atoms with Gasteiger partial charge in [-0.1, -0.05) is 25.3 Å². The molecule has 3 rings (SSSR count). The molecular formula is C22H35N3O4. The number of hydrogen-bond acceptors (Lipinski definition) is 5. The van der Waals surface area contributed by atoms with Crippen LogP contribution in [0.3, 0.4) is 0 Å². The zero-order valence-corrected chi connectivity index (χ0v) is 17.8. The second-order valence-electron chi connectivity index (χ2n) is 7.72. The minimum atomic E-state index is 0.0973. The molecule has 1 aromatic rings. The molecule has 1 heterocycles. The lowest BCUT2D eigenvalue weighted by Gasteiger charge is -2.38. The highest BCUT2D eigenvalue weighted by molar-refractivity contribution is 5.79. The van der Waals surface area contributed by atoms with Crippen LogP contribution in [0.5, 0.6) is 11.5 Å². The molecule has 0 spiro atoms. The number of aliphatic imine (C=N–C) groups is 1. The van der Waals surface area contributed by atoms with E-state index in [1.807, 2.05) is 13.1 Å². The van der Waals surface area contributed by atoms with Crippen molar-refractivity contribution >= 4 is 5.96 Å². The topological polar surface area (TPSA) is 73.3 Å². The maximum absolute atomic E-state index is 5.62. The van der Waals surface area contributed by atoms with Gasteiger partial charge in [0.1, 0.15) is 0 Å². The molecular weight excluding hydrogens is 370 g/mol. The van der Waals surface area contributed by atoms with E-state index in [2.05, 4.69) is 27.8 Å². The van der Waals surface area contributed by atoms with Crippen molar-refractivity contribution in [2.75, 3.05) is 53.9 Å². The van der Waals surface area contributed by atoms with Crippen molar-refractivity contribution in [3.63, 3.8) is 0 Å². The van der Waals surface area contributed by atoms with Gasteiger partial charge in [0.05, 0.1) is 13.2 Å². The van der Waals surface area contributed by atoms with Gasteiger partial charge in [-0.3, -0.25) is 4.99 Å². The molecule has 1 aliphatic heterocycles. The monoisotopic (exact) mass is 405 g/mol. The van der Waals surface area contributed by atoms with E-state index in [0.29, 0.717) is 26.6 Å². The molecule has 162 valence electrons. The van der Waals surface area contributed by atoms with Crippen LogP contribution < -0.4 is 20.1 Å². The summed E-state index contributed by atoms with van der Waals surface area (Å²) in [4.78, 5) is 4.39. The second kappa shape index (κ2) is 11.3. The number of ether oxygens (including phenoxy) is 4. The van der Waals surface area contributed by atoms with Gasteiger partial charge in [-0.2, -0.15) is 0 Å². The van der Waals surface area contributed by atoms with Crippen LogP contribution >= 0.6 is 0 Å². The molecule has 1 saturated carbocycles. The molecule has 0 radical (unpaired) electrons. The average molecular weight is 406 g/mol. The van der Waals surface area contributed by atoms with Gasteiger partial charge < -0.3 is 29.6 Å². The molecule has 1 aliphatic carbocycles. The van der Waals surface area contributed by atoms with E-state index in [0.717, 1.165) is 37.0 Å². The third kappa shape index (κ3) is 6.00. The Morgan fingerprint density at radius 2 is 1.90 bits per heavy atom. The number of benzene rings is 1. The van der Waals surface area contributed by atoms with Crippen LogP contribution in [-0.4, -0.2) is 59.8 Å². The number of nitrogens with zero attached hydrogens (tertiary/aromatic N) is 1. The number of nitrogens with one attached hydrogen (secondary N) is 2. The molecule has 7 heteroatoms. The van der Waals surface area contributed by atoms with Crippen LogP contribution in [0, 0.1) is 0 Å². The van der Waals surface area contributed by atoms with Crippen LogP contribution in [0.2, 0.25) is 0 Å². The summed E-state index contributed by atoms with van der Waals surface area (Å²) in [5, 5.41) is 6.96. The lowest BCUT2D eigenvalue weighted by Crippen LogP contribution is -2.46. The average Bonchev–Trinajstić information content (AvgIpc) is 3.24. The van der Waals surface area contributed by atoms with Crippen molar-refractivity contribution in [2.45, 2.75) is 43.9 Å². The molecule has 1 aromatic carbocycles. The van der Waals surface area contributed by atoms with Crippen LogP contribution in [0.4, 0.5) is 0 Å². The molecule has 0 aromatic heterocycles. The predicted molar refractivity (Wildman–Crippen MR) is 114 cm³/mol. The number of guanidine groups is 1. The highest BCUT2D eigenvalue weighted by Gasteiger charge is 2.35. The Bertz CT molecular complexity index is 659. The van der Waals surface area contributed by atoms with Gasteiger partial charge in [0.25, 0.3) is 0 Å². The summed E-state index contributed by atoms with van der Waals surface area (Å²) in [6.45, 7) is 3.99. The van der Waals surface area contributed by atoms with E-state index in [-0.39, 0.29) is 5.41 Å². The minimum Gasteiger partial charge on any atom is -0.454 e. The SMILES string of the molecule is CN=C(NCCCOCCOC)NCC1(c2ccc3c(c2)OCO3)CCCCC1. The van der Waals surface area contributed by atoms with Crippen molar-refractivity contribution in [1.29, 1.82) is 0 Å². The molecule has 2 N–H and O–H groups in total. The van der Waals surface area contributed by atoms with Crippen molar-refractivity contribution in [1.82, 2.24) is 10.6 Å². The van der Waals surface area contributed by atoms with Gasteiger partial charge in [0.2, 0.25) is 6.79 Å². The molecule has 29 heavy (non-hydrogen) atoms. The van der Waals surface area contributed by atoms with E-state index in [1.54, 1.807) is 7.11 Å². The van der Waals surface area contributed by atoms with Crippen molar-refractivity contribution in [3.8, 4) is 11.5 Å². The zero-order valence-electron chi connectivity index (χ0n) is 17.8. The van der Waals surface area contributed by atoms with Gasteiger partial charge in [-0.05, 0) is 37.0 Å². The van der Waals surface area contributed by atoms with Crippen molar-refractivity contribution < 1.29 is 18.9 Å². The summed E-state index contributed by atoms with van der Waals surface area (Å²) in [5.74, 6) is 2.55. The van der Waals surface area contributed by atoms with Crippen molar-refractivity contribution in [2.24, 2.45) is 4.99 Å². The van der Waals surface area contributed by atoms with Gasteiger partial charge in [0, 0.05) is 39.3 Å². The fourth-order valence-corrected chi connectivity index (χ4v) is 4.12. The smallest absolute Gasteiger partial charge is 0.231 e. The first-order valence-electron chi connectivity index (χ1n) is 10.7. The fraction of sp³-hybridized carbons (Fsp3) is 0.682.